The molecule has 2 amide bonds. The van der Waals surface area contributed by atoms with Gasteiger partial charge in [0, 0.05) is 18.8 Å². The predicted molar refractivity (Wildman–Crippen MR) is 86.4 cm³/mol. The number of anilines is 1. The third-order valence-corrected chi connectivity index (χ3v) is 3.61. The maximum absolute atomic E-state index is 12.2. The Balaban J connectivity index is 1.51. The van der Waals surface area contributed by atoms with E-state index in [2.05, 4.69) is 10.7 Å². The number of fused-ring (bicyclic) bond motifs is 1. The third-order valence-electron chi connectivity index (χ3n) is 3.61. The van der Waals surface area contributed by atoms with Gasteiger partial charge in [0.25, 0.3) is 11.8 Å². The minimum Gasteiger partial charge on any atom is -0.497 e. The number of hydrazine groups is 1. The van der Waals surface area contributed by atoms with Crippen molar-refractivity contribution in [1.82, 2.24) is 10.4 Å². The van der Waals surface area contributed by atoms with Crippen LogP contribution in [0.1, 0.15) is 20.7 Å². The summed E-state index contributed by atoms with van der Waals surface area (Å²) >= 11 is 0. The van der Waals surface area contributed by atoms with Crippen molar-refractivity contribution in [2.45, 2.75) is 0 Å². The Bertz CT molecular complexity index is 693. The fourth-order valence-electron chi connectivity index (χ4n) is 2.42. The molecule has 3 rings (SSSR count). The summed E-state index contributed by atoms with van der Waals surface area (Å²) in [5.74, 6) is 0.171. The first-order valence-electron chi connectivity index (χ1n) is 7.30. The Morgan fingerprint density at radius 3 is 2.09 bits per heavy atom. The molecule has 2 N–H and O–H groups in total. The number of imide groups is 1. The highest BCUT2D eigenvalue weighted by atomic mass is 16.5. The van der Waals surface area contributed by atoms with Gasteiger partial charge in [0.1, 0.15) is 5.75 Å². The lowest BCUT2D eigenvalue weighted by molar-refractivity contribution is 0.0570. The SMILES string of the molecule is COc1ccc(NCCNN2C(=O)c3ccccc3C2=O)cc1. The highest BCUT2D eigenvalue weighted by Crippen LogP contribution is 2.20. The molecule has 0 atom stereocenters. The van der Waals surface area contributed by atoms with E-state index in [4.69, 9.17) is 4.74 Å². The summed E-state index contributed by atoms with van der Waals surface area (Å²) in [7, 11) is 1.62. The van der Waals surface area contributed by atoms with E-state index in [-0.39, 0.29) is 11.8 Å². The van der Waals surface area contributed by atoms with Crippen molar-refractivity contribution in [3.63, 3.8) is 0 Å². The minimum absolute atomic E-state index is 0.310. The molecule has 2 aromatic carbocycles. The minimum atomic E-state index is -0.310. The molecule has 0 aromatic heterocycles. The Labute approximate surface area is 134 Å². The molecule has 1 heterocycles. The van der Waals surface area contributed by atoms with Crippen LogP contribution in [0.3, 0.4) is 0 Å². The number of carbonyl (C=O) groups excluding carboxylic acids is 2. The zero-order valence-electron chi connectivity index (χ0n) is 12.7. The molecular formula is C17H17N3O3. The maximum Gasteiger partial charge on any atom is 0.276 e. The van der Waals surface area contributed by atoms with E-state index >= 15 is 0 Å². The van der Waals surface area contributed by atoms with E-state index in [1.807, 2.05) is 24.3 Å². The summed E-state index contributed by atoms with van der Waals surface area (Å²) in [4.78, 5) is 24.3. The van der Waals surface area contributed by atoms with Crippen molar-refractivity contribution in [1.29, 1.82) is 0 Å². The lowest BCUT2D eigenvalue weighted by Crippen LogP contribution is -2.44. The van der Waals surface area contributed by atoms with Crippen LogP contribution in [0, 0.1) is 0 Å². The van der Waals surface area contributed by atoms with Gasteiger partial charge in [-0.25, -0.2) is 10.4 Å². The van der Waals surface area contributed by atoms with E-state index in [0.29, 0.717) is 24.2 Å². The number of benzene rings is 2. The Morgan fingerprint density at radius 1 is 0.913 bits per heavy atom. The number of rotatable bonds is 6. The van der Waals surface area contributed by atoms with Gasteiger partial charge in [-0.05, 0) is 36.4 Å². The topological polar surface area (TPSA) is 70.7 Å². The fourth-order valence-corrected chi connectivity index (χ4v) is 2.42. The van der Waals surface area contributed by atoms with Gasteiger partial charge in [0.05, 0.1) is 18.2 Å². The van der Waals surface area contributed by atoms with Gasteiger partial charge in [-0.15, -0.1) is 0 Å². The second-order valence-corrected chi connectivity index (χ2v) is 5.05. The summed E-state index contributed by atoms with van der Waals surface area (Å²) in [5, 5.41) is 4.27. The first-order chi connectivity index (χ1) is 11.2. The molecule has 0 radical (unpaired) electrons. The average molecular weight is 311 g/mol. The smallest absolute Gasteiger partial charge is 0.276 e. The van der Waals surface area contributed by atoms with Crippen LogP contribution in [-0.4, -0.2) is 37.0 Å². The first kappa shape index (κ1) is 15.1. The van der Waals surface area contributed by atoms with E-state index in [1.54, 1.807) is 31.4 Å². The second-order valence-electron chi connectivity index (χ2n) is 5.05. The first-order valence-corrected chi connectivity index (χ1v) is 7.30. The van der Waals surface area contributed by atoms with E-state index in [0.717, 1.165) is 16.4 Å². The maximum atomic E-state index is 12.2. The number of hydrogen-bond acceptors (Lipinski definition) is 5. The summed E-state index contributed by atoms with van der Waals surface area (Å²) in [6, 6.07) is 14.3. The van der Waals surface area contributed by atoms with Crippen LogP contribution in [0.4, 0.5) is 5.69 Å². The van der Waals surface area contributed by atoms with Crippen molar-refractivity contribution in [3.05, 3.63) is 59.7 Å². The zero-order chi connectivity index (χ0) is 16.2. The summed E-state index contributed by atoms with van der Waals surface area (Å²) in [6.45, 7) is 1.01. The molecule has 6 nitrogen and oxygen atoms in total. The molecule has 0 spiro atoms. The highest BCUT2D eigenvalue weighted by Gasteiger charge is 2.34. The molecule has 1 aliphatic rings. The molecule has 6 heteroatoms. The van der Waals surface area contributed by atoms with Crippen molar-refractivity contribution in [3.8, 4) is 5.75 Å². The van der Waals surface area contributed by atoms with E-state index in [9.17, 15) is 9.59 Å². The largest absolute Gasteiger partial charge is 0.497 e. The molecule has 0 aliphatic carbocycles. The van der Waals surface area contributed by atoms with Crippen LogP contribution in [0.25, 0.3) is 0 Å². The van der Waals surface area contributed by atoms with Crippen LogP contribution in [0.15, 0.2) is 48.5 Å². The van der Waals surface area contributed by atoms with Crippen molar-refractivity contribution in [2.75, 3.05) is 25.5 Å². The van der Waals surface area contributed by atoms with Gasteiger partial charge in [-0.2, -0.15) is 0 Å². The number of methoxy groups -OCH3 is 1. The Morgan fingerprint density at radius 2 is 1.52 bits per heavy atom. The quantitative estimate of drug-likeness (QED) is 0.630. The summed E-state index contributed by atoms with van der Waals surface area (Å²) in [5.41, 5.74) is 4.68. The molecule has 0 fully saturated rings. The summed E-state index contributed by atoms with van der Waals surface area (Å²) < 4.78 is 5.09. The number of amides is 2. The monoisotopic (exact) mass is 311 g/mol. The number of hydrogen-bond donors (Lipinski definition) is 2. The molecule has 23 heavy (non-hydrogen) atoms. The van der Waals surface area contributed by atoms with Crippen molar-refractivity contribution >= 4 is 17.5 Å². The van der Waals surface area contributed by atoms with Gasteiger partial charge in [-0.3, -0.25) is 9.59 Å². The summed E-state index contributed by atoms with van der Waals surface area (Å²) in [6.07, 6.45) is 0. The van der Waals surface area contributed by atoms with Crippen LogP contribution in [0.5, 0.6) is 5.75 Å². The molecular weight excluding hydrogens is 294 g/mol. The van der Waals surface area contributed by atoms with Crippen molar-refractivity contribution in [2.24, 2.45) is 0 Å². The number of ether oxygens (including phenoxy) is 1. The van der Waals surface area contributed by atoms with Gasteiger partial charge in [0.15, 0.2) is 0 Å². The number of nitrogens with one attached hydrogen (secondary N) is 2. The van der Waals surface area contributed by atoms with Crippen LogP contribution in [0.2, 0.25) is 0 Å². The average Bonchev–Trinajstić information content (AvgIpc) is 2.84. The Kier molecular flexibility index (Phi) is 4.25. The molecule has 0 saturated heterocycles. The highest BCUT2D eigenvalue weighted by molar-refractivity contribution is 6.20. The number of carbonyl (C=O) groups is 2. The van der Waals surface area contributed by atoms with Crippen molar-refractivity contribution < 1.29 is 14.3 Å². The zero-order valence-corrected chi connectivity index (χ0v) is 12.7. The standard InChI is InChI=1S/C17H17N3O3/c1-23-13-8-6-12(7-9-13)18-10-11-19-20-16(21)14-4-2-3-5-15(14)17(20)22/h2-9,18-19H,10-11H2,1H3. The Hall–Kier alpha value is -2.86. The van der Waals surface area contributed by atoms with E-state index < -0.39 is 0 Å². The lowest BCUT2D eigenvalue weighted by Gasteiger charge is -2.15. The molecule has 2 aromatic rings. The predicted octanol–water partition coefficient (Wildman–Crippen LogP) is 1.91. The van der Waals surface area contributed by atoms with Crippen LogP contribution in [-0.2, 0) is 0 Å². The van der Waals surface area contributed by atoms with Crippen LogP contribution < -0.4 is 15.5 Å². The third kappa shape index (κ3) is 3.02. The molecule has 0 unspecified atom stereocenters. The second kappa shape index (κ2) is 6.50. The fraction of sp³-hybridized carbons (Fsp3) is 0.176. The molecule has 0 bridgehead atoms. The van der Waals surface area contributed by atoms with Gasteiger partial charge >= 0.3 is 0 Å². The van der Waals surface area contributed by atoms with Gasteiger partial charge in [-0.1, -0.05) is 12.1 Å². The normalized spacial score (nSPS) is 13.2. The van der Waals surface area contributed by atoms with Gasteiger partial charge in [0.2, 0.25) is 0 Å². The molecule has 118 valence electrons. The van der Waals surface area contributed by atoms with Crippen LogP contribution >= 0.6 is 0 Å². The molecule has 1 aliphatic heterocycles. The number of nitrogens with zero attached hydrogens (tertiary/aromatic N) is 1. The van der Waals surface area contributed by atoms with E-state index in [1.165, 1.54) is 0 Å². The van der Waals surface area contributed by atoms with Gasteiger partial charge < -0.3 is 10.1 Å². The molecule has 0 saturated carbocycles. The lowest BCUT2D eigenvalue weighted by atomic mass is 10.1.